The second kappa shape index (κ2) is 9.36. The quantitative estimate of drug-likeness (QED) is 0.767. The minimum Gasteiger partial charge on any atom is -0.303 e. The van der Waals surface area contributed by atoms with E-state index in [1.165, 1.54) is 23.3 Å². The maximum atomic E-state index is 13.0. The van der Waals surface area contributed by atoms with Gasteiger partial charge in [0, 0.05) is 19.4 Å². The van der Waals surface area contributed by atoms with Gasteiger partial charge in [-0.2, -0.15) is 0 Å². The summed E-state index contributed by atoms with van der Waals surface area (Å²) >= 11 is 0. The number of imide groups is 1. The number of fused-ring (bicyclic) bond motifs is 1. The van der Waals surface area contributed by atoms with Crippen LogP contribution in [0.15, 0.2) is 54.6 Å². The first-order valence-corrected chi connectivity index (χ1v) is 10.9. The maximum Gasteiger partial charge on any atom is 0.235 e. The fourth-order valence-electron chi connectivity index (χ4n) is 4.62. The smallest absolute Gasteiger partial charge is 0.235 e. The summed E-state index contributed by atoms with van der Waals surface area (Å²) < 4.78 is 0. The fourth-order valence-corrected chi connectivity index (χ4v) is 4.62. The number of amides is 2. The van der Waals surface area contributed by atoms with Gasteiger partial charge in [-0.25, -0.2) is 0 Å². The van der Waals surface area contributed by atoms with E-state index in [2.05, 4.69) is 35.2 Å². The molecule has 4 heteroatoms. The van der Waals surface area contributed by atoms with Gasteiger partial charge in [-0.3, -0.25) is 14.5 Å². The van der Waals surface area contributed by atoms with Crippen molar-refractivity contribution in [1.29, 1.82) is 0 Å². The van der Waals surface area contributed by atoms with Crippen LogP contribution in [0.3, 0.4) is 0 Å². The van der Waals surface area contributed by atoms with Crippen LogP contribution in [0, 0.1) is 5.92 Å². The number of carbonyl (C=O) groups is 2. The molecule has 0 spiro atoms. The molecule has 0 aromatic heterocycles. The number of benzene rings is 2. The van der Waals surface area contributed by atoms with Crippen molar-refractivity contribution in [2.24, 2.45) is 5.92 Å². The third-order valence-corrected chi connectivity index (χ3v) is 6.28. The first-order chi connectivity index (χ1) is 14.2. The number of anilines is 1. The highest BCUT2D eigenvalue weighted by Gasteiger charge is 2.28. The Morgan fingerprint density at radius 3 is 2.45 bits per heavy atom. The Hall–Kier alpha value is -2.46. The number of hydrogen-bond donors (Lipinski definition) is 0. The molecule has 29 heavy (non-hydrogen) atoms. The van der Waals surface area contributed by atoms with E-state index in [0.29, 0.717) is 12.8 Å². The van der Waals surface area contributed by atoms with Gasteiger partial charge in [-0.15, -0.1) is 0 Å². The van der Waals surface area contributed by atoms with Crippen LogP contribution in [0.25, 0.3) is 0 Å². The molecule has 152 valence electrons. The summed E-state index contributed by atoms with van der Waals surface area (Å²) in [7, 11) is 0. The van der Waals surface area contributed by atoms with E-state index < -0.39 is 0 Å². The molecular formula is C25H30N2O2. The summed E-state index contributed by atoms with van der Waals surface area (Å²) in [6, 6.07) is 18.5. The molecule has 4 rings (SSSR count). The van der Waals surface area contributed by atoms with Crippen molar-refractivity contribution >= 4 is 17.5 Å². The normalized spacial score (nSPS) is 18.3. The summed E-state index contributed by atoms with van der Waals surface area (Å²) in [5.41, 5.74) is 3.31. The van der Waals surface area contributed by atoms with Crippen LogP contribution >= 0.6 is 0 Å². The van der Waals surface area contributed by atoms with Crippen LogP contribution in [0.1, 0.15) is 43.2 Å². The molecule has 2 amide bonds. The van der Waals surface area contributed by atoms with E-state index in [9.17, 15) is 9.59 Å². The lowest BCUT2D eigenvalue weighted by Gasteiger charge is -2.32. The minimum absolute atomic E-state index is 0.0541. The number of carbonyl (C=O) groups excluding carboxylic acids is 2. The highest BCUT2D eigenvalue weighted by Crippen LogP contribution is 2.28. The molecule has 2 aliphatic rings. The topological polar surface area (TPSA) is 40.6 Å². The zero-order chi connectivity index (χ0) is 20.1. The van der Waals surface area contributed by atoms with Crippen molar-refractivity contribution in [3.63, 3.8) is 0 Å². The van der Waals surface area contributed by atoms with E-state index in [0.717, 1.165) is 56.1 Å². The van der Waals surface area contributed by atoms with Gasteiger partial charge in [0.1, 0.15) is 0 Å². The van der Waals surface area contributed by atoms with Crippen LogP contribution in [0.2, 0.25) is 0 Å². The molecule has 0 atom stereocenters. The van der Waals surface area contributed by atoms with E-state index in [4.69, 9.17) is 0 Å². The van der Waals surface area contributed by atoms with Crippen molar-refractivity contribution in [2.45, 2.75) is 44.9 Å². The first kappa shape index (κ1) is 19.8. The Kier molecular flexibility index (Phi) is 6.40. The average Bonchev–Trinajstić information content (AvgIpc) is 2.92. The molecule has 2 aromatic carbocycles. The van der Waals surface area contributed by atoms with Gasteiger partial charge in [0.25, 0.3) is 0 Å². The lowest BCUT2D eigenvalue weighted by Crippen LogP contribution is -2.40. The van der Waals surface area contributed by atoms with Gasteiger partial charge in [0.2, 0.25) is 11.8 Å². The molecule has 1 fully saturated rings. The highest BCUT2D eigenvalue weighted by molar-refractivity contribution is 6.15. The average molecular weight is 391 g/mol. The van der Waals surface area contributed by atoms with Crippen LogP contribution in [0.5, 0.6) is 0 Å². The number of hydrogen-bond acceptors (Lipinski definition) is 3. The molecule has 0 aliphatic carbocycles. The molecule has 0 radical (unpaired) electrons. The van der Waals surface area contributed by atoms with Crippen LogP contribution in [-0.2, 0) is 22.4 Å². The summed E-state index contributed by atoms with van der Waals surface area (Å²) in [5.74, 6) is 0.612. The predicted octanol–water partition coefficient (Wildman–Crippen LogP) is 4.23. The number of nitrogens with zero attached hydrogens (tertiary/aromatic N) is 2. The Morgan fingerprint density at radius 1 is 0.931 bits per heavy atom. The molecular weight excluding hydrogens is 360 g/mol. The second-order valence-electron chi connectivity index (χ2n) is 8.33. The highest BCUT2D eigenvalue weighted by atomic mass is 16.2. The monoisotopic (exact) mass is 390 g/mol. The van der Waals surface area contributed by atoms with E-state index in [1.807, 2.05) is 24.3 Å². The summed E-state index contributed by atoms with van der Waals surface area (Å²) in [6.45, 7) is 2.81. The SMILES string of the molecule is O=C1CCCc2ccccc2N1C(=O)CCN1CCC(Cc2ccccc2)CC1. The Balaban J connectivity index is 1.29. The molecule has 2 heterocycles. The first-order valence-electron chi connectivity index (χ1n) is 10.9. The molecule has 2 aromatic rings. The minimum atomic E-state index is -0.0595. The van der Waals surface area contributed by atoms with E-state index >= 15 is 0 Å². The Morgan fingerprint density at radius 2 is 1.66 bits per heavy atom. The number of likely N-dealkylation sites (tertiary alicyclic amines) is 1. The number of para-hydroxylation sites is 1. The molecule has 1 saturated heterocycles. The van der Waals surface area contributed by atoms with Crippen LogP contribution < -0.4 is 4.90 Å². The van der Waals surface area contributed by atoms with Gasteiger partial charge in [0.15, 0.2) is 0 Å². The van der Waals surface area contributed by atoms with E-state index in [1.54, 1.807) is 0 Å². The maximum absolute atomic E-state index is 13.0. The molecule has 4 nitrogen and oxygen atoms in total. The van der Waals surface area contributed by atoms with Gasteiger partial charge >= 0.3 is 0 Å². The lowest BCUT2D eigenvalue weighted by molar-refractivity contribution is -0.126. The standard InChI is InChI=1S/C25H30N2O2/c28-24-12-6-10-22-9-4-5-11-23(22)27(24)25(29)15-18-26-16-13-21(14-17-26)19-20-7-2-1-3-8-20/h1-5,7-9,11,21H,6,10,12-19H2. The van der Waals surface area contributed by atoms with Crippen LogP contribution in [-0.4, -0.2) is 36.3 Å². The molecule has 0 unspecified atom stereocenters. The van der Waals surface area contributed by atoms with Gasteiger partial charge in [0.05, 0.1) is 5.69 Å². The predicted molar refractivity (Wildman–Crippen MR) is 116 cm³/mol. The Bertz CT molecular complexity index is 841. The van der Waals surface area contributed by atoms with Crippen molar-refractivity contribution in [1.82, 2.24) is 4.90 Å². The van der Waals surface area contributed by atoms with Crippen LogP contribution in [0.4, 0.5) is 5.69 Å². The van der Waals surface area contributed by atoms with Crippen molar-refractivity contribution in [3.05, 3.63) is 65.7 Å². The summed E-state index contributed by atoms with van der Waals surface area (Å²) in [4.78, 5) is 29.4. The molecule has 0 saturated carbocycles. The fraction of sp³-hybridized carbons (Fsp3) is 0.440. The van der Waals surface area contributed by atoms with Gasteiger partial charge in [-0.1, -0.05) is 48.5 Å². The largest absolute Gasteiger partial charge is 0.303 e. The summed E-state index contributed by atoms with van der Waals surface area (Å²) in [5, 5.41) is 0. The van der Waals surface area contributed by atoms with Crippen molar-refractivity contribution < 1.29 is 9.59 Å². The number of piperidine rings is 1. The van der Waals surface area contributed by atoms with Crippen molar-refractivity contribution in [3.8, 4) is 0 Å². The number of aryl methyl sites for hydroxylation is 1. The lowest BCUT2D eigenvalue weighted by atomic mass is 9.90. The summed E-state index contributed by atoms with van der Waals surface area (Å²) in [6.07, 6.45) is 6.03. The third-order valence-electron chi connectivity index (χ3n) is 6.28. The third kappa shape index (κ3) is 4.94. The molecule has 0 N–H and O–H groups in total. The Labute approximate surface area is 173 Å². The van der Waals surface area contributed by atoms with E-state index in [-0.39, 0.29) is 11.8 Å². The van der Waals surface area contributed by atoms with Crippen molar-refractivity contribution in [2.75, 3.05) is 24.5 Å². The van der Waals surface area contributed by atoms with Gasteiger partial charge in [-0.05, 0) is 68.3 Å². The second-order valence-corrected chi connectivity index (χ2v) is 8.33. The zero-order valence-electron chi connectivity index (χ0n) is 17.1. The molecule has 0 bridgehead atoms. The van der Waals surface area contributed by atoms with Gasteiger partial charge < -0.3 is 4.90 Å². The molecule has 2 aliphatic heterocycles. The number of rotatable bonds is 5. The zero-order valence-corrected chi connectivity index (χ0v) is 17.1.